The third-order valence-corrected chi connectivity index (χ3v) is 4.61. The highest BCUT2D eigenvalue weighted by Crippen LogP contribution is 2.31. The van der Waals surface area contributed by atoms with Crippen molar-refractivity contribution in [2.75, 3.05) is 0 Å². The van der Waals surface area contributed by atoms with E-state index < -0.39 is 0 Å². The minimum absolute atomic E-state index is 0.318. The summed E-state index contributed by atoms with van der Waals surface area (Å²) in [6.45, 7) is 4.26. The average Bonchev–Trinajstić information content (AvgIpc) is 2.63. The molecule has 130 valence electrons. The van der Waals surface area contributed by atoms with Crippen LogP contribution in [0.1, 0.15) is 42.0 Å². The maximum atomic E-state index is 9.57. The Balaban J connectivity index is 1.94. The molecule has 0 fully saturated rings. The van der Waals surface area contributed by atoms with E-state index >= 15 is 0 Å². The van der Waals surface area contributed by atoms with Gasteiger partial charge in [0.15, 0.2) is 0 Å². The number of benzene rings is 3. The summed E-state index contributed by atoms with van der Waals surface area (Å²) in [5.41, 5.74) is 3.79. The van der Waals surface area contributed by atoms with Gasteiger partial charge >= 0.3 is 0 Å². The molecule has 0 aromatic heterocycles. The van der Waals surface area contributed by atoms with Gasteiger partial charge in [0.25, 0.3) is 0 Å². The van der Waals surface area contributed by atoms with Crippen molar-refractivity contribution < 1.29 is 4.74 Å². The van der Waals surface area contributed by atoms with Crippen LogP contribution in [-0.2, 0) is 6.42 Å². The van der Waals surface area contributed by atoms with Gasteiger partial charge in [0.05, 0.1) is 10.6 Å². The van der Waals surface area contributed by atoms with Crippen molar-refractivity contribution in [3.8, 4) is 17.6 Å². The van der Waals surface area contributed by atoms with Crippen LogP contribution in [0.4, 0.5) is 0 Å². The molecule has 0 unspecified atom stereocenters. The molecule has 26 heavy (non-hydrogen) atoms. The van der Waals surface area contributed by atoms with Crippen LogP contribution in [0.25, 0.3) is 0 Å². The maximum Gasteiger partial charge on any atom is 0.127 e. The molecule has 0 aliphatic rings. The van der Waals surface area contributed by atoms with E-state index in [2.05, 4.69) is 19.9 Å². The van der Waals surface area contributed by atoms with Gasteiger partial charge in [-0.1, -0.05) is 61.8 Å². The molecule has 0 N–H and O–H groups in total. The summed E-state index contributed by atoms with van der Waals surface area (Å²) in [4.78, 5) is 0. The Kier molecular flexibility index (Phi) is 5.61. The molecule has 0 saturated carbocycles. The molecule has 0 radical (unpaired) electrons. The number of nitriles is 1. The molecule has 2 nitrogen and oxygen atoms in total. The fraction of sp³-hybridized carbons (Fsp3) is 0.174. The summed E-state index contributed by atoms with van der Waals surface area (Å²) < 4.78 is 5.92. The van der Waals surface area contributed by atoms with Gasteiger partial charge < -0.3 is 4.74 Å². The smallest absolute Gasteiger partial charge is 0.127 e. The summed E-state index contributed by atoms with van der Waals surface area (Å²) in [5, 5.41) is 10.1. The summed E-state index contributed by atoms with van der Waals surface area (Å²) in [6, 6.07) is 23.8. The van der Waals surface area contributed by atoms with E-state index in [9.17, 15) is 5.26 Å². The predicted molar refractivity (Wildman–Crippen MR) is 106 cm³/mol. The van der Waals surface area contributed by atoms with Crippen LogP contribution in [0.5, 0.6) is 11.5 Å². The van der Waals surface area contributed by atoms with Crippen LogP contribution in [0.3, 0.4) is 0 Å². The standard InChI is InChI=1S/C23H20ClNO/c1-16(2)20-11-12-23(24)22(15-25)21(20)14-17-7-6-10-19(13-17)26-18-8-4-3-5-9-18/h3-13,16H,14H2,1-2H3. The summed E-state index contributed by atoms with van der Waals surface area (Å²) in [6.07, 6.45) is 0.642. The van der Waals surface area contributed by atoms with Crippen LogP contribution in [0, 0.1) is 11.3 Å². The van der Waals surface area contributed by atoms with Gasteiger partial charge in [-0.3, -0.25) is 0 Å². The largest absolute Gasteiger partial charge is 0.457 e. The Morgan fingerprint density at radius 3 is 2.38 bits per heavy atom. The van der Waals surface area contributed by atoms with E-state index in [-0.39, 0.29) is 0 Å². The number of halogens is 1. The summed E-state index contributed by atoms with van der Waals surface area (Å²) in [5.74, 6) is 1.89. The Bertz CT molecular complexity index is 942. The summed E-state index contributed by atoms with van der Waals surface area (Å²) >= 11 is 6.26. The second-order valence-corrected chi connectivity index (χ2v) is 6.90. The van der Waals surface area contributed by atoms with Gasteiger partial charge in [-0.05, 0) is 59.4 Å². The van der Waals surface area contributed by atoms with Crippen molar-refractivity contribution in [2.24, 2.45) is 0 Å². The fourth-order valence-electron chi connectivity index (χ4n) is 3.04. The summed E-state index contributed by atoms with van der Waals surface area (Å²) in [7, 11) is 0. The first kappa shape index (κ1) is 18.0. The normalized spacial score (nSPS) is 10.6. The minimum atomic E-state index is 0.318. The number of nitrogens with zero attached hydrogens (tertiary/aromatic N) is 1. The zero-order valence-electron chi connectivity index (χ0n) is 14.9. The van der Waals surface area contributed by atoms with E-state index in [1.165, 1.54) is 0 Å². The van der Waals surface area contributed by atoms with Gasteiger partial charge in [0.1, 0.15) is 17.6 Å². The lowest BCUT2D eigenvalue weighted by Crippen LogP contribution is -2.02. The molecule has 3 rings (SSSR count). The van der Waals surface area contributed by atoms with E-state index in [1.807, 2.05) is 66.7 Å². The second kappa shape index (κ2) is 8.08. The number of hydrogen-bond acceptors (Lipinski definition) is 2. The lowest BCUT2D eigenvalue weighted by Gasteiger charge is -2.16. The molecular weight excluding hydrogens is 342 g/mol. The topological polar surface area (TPSA) is 33.0 Å². The first-order chi connectivity index (χ1) is 12.6. The van der Waals surface area contributed by atoms with E-state index in [0.717, 1.165) is 28.2 Å². The third-order valence-electron chi connectivity index (χ3n) is 4.29. The number of ether oxygens (including phenoxy) is 1. The van der Waals surface area contributed by atoms with Crippen LogP contribution in [-0.4, -0.2) is 0 Å². The Labute approximate surface area is 159 Å². The van der Waals surface area contributed by atoms with Crippen LogP contribution < -0.4 is 4.74 Å². The van der Waals surface area contributed by atoms with Gasteiger partial charge in [0.2, 0.25) is 0 Å². The van der Waals surface area contributed by atoms with Crippen molar-refractivity contribution in [1.29, 1.82) is 5.26 Å². The molecule has 0 aliphatic heterocycles. The average molecular weight is 362 g/mol. The van der Waals surface area contributed by atoms with Crippen molar-refractivity contribution >= 4 is 11.6 Å². The third kappa shape index (κ3) is 4.07. The number of hydrogen-bond donors (Lipinski definition) is 0. The molecule has 3 aromatic rings. The van der Waals surface area contributed by atoms with Crippen molar-refractivity contribution in [3.63, 3.8) is 0 Å². The highest BCUT2D eigenvalue weighted by molar-refractivity contribution is 6.31. The molecular formula is C23H20ClNO. The maximum absolute atomic E-state index is 9.57. The van der Waals surface area contributed by atoms with Crippen molar-refractivity contribution in [2.45, 2.75) is 26.2 Å². The number of rotatable bonds is 5. The molecule has 0 spiro atoms. The first-order valence-corrected chi connectivity index (χ1v) is 8.99. The van der Waals surface area contributed by atoms with Gasteiger partial charge in [-0.25, -0.2) is 0 Å². The molecule has 0 aliphatic carbocycles. The van der Waals surface area contributed by atoms with Crippen molar-refractivity contribution in [1.82, 2.24) is 0 Å². The quantitative estimate of drug-likeness (QED) is 0.505. The predicted octanol–water partition coefficient (Wildman–Crippen LogP) is 6.72. The van der Waals surface area contributed by atoms with Gasteiger partial charge in [-0.15, -0.1) is 0 Å². The van der Waals surface area contributed by atoms with Gasteiger partial charge in [0, 0.05) is 0 Å². The van der Waals surface area contributed by atoms with Crippen molar-refractivity contribution in [3.05, 3.63) is 94.0 Å². The van der Waals surface area contributed by atoms with Gasteiger partial charge in [-0.2, -0.15) is 5.26 Å². The Morgan fingerprint density at radius 2 is 1.69 bits per heavy atom. The van der Waals surface area contributed by atoms with E-state index in [4.69, 9.17) is 16.3 Å². The molecule has 0 bridgehead atoms. The Morgan fingerprint density at radius 1 is 0.962 bits per heavy atom. The fourth-order valence-corrected chi connectivity index (χ4v) is 3.25. The van der Waals surface area contributed by atoms with Crippen LogP contribution in [0.2, 0.25) is 5.02 Å². The SMILES string of the molecule is CC(C)c1ccc(Cl)c(C#N)c1Cc1cccc(Oc2ccccc2)c1. The molecule has 0 amide bonds. The zero-order valence-corrected chi connectivity index (χ0v) is 15.6. The minimum Gasteiger partial charge on any atom is -0.457 e. The Hall–Kier alpha value is -2.76. The number of para-hydroxylation sites is 1. The molecule has 0 atom stereocenters. The lowest BCUT2D eigenvalue weighted by atomic mass is 9.89. The van der Waals surface area contributed by atoms with E-state index in [0.29, 0.717) is 22.9 Å². The van der Waals surface area contributed by atoms with Crippen LogP contribution >= 0.6 is 11.6 Å². The van der Waals surface area contributed by atoms with Crippen LogP contribution in [0.15, 0.2) is 66.7 Å². The van der Waals surface area contributed by atoms with E-state index in [1.54, 1.807) is 0 Å². The molecule has 0 heterocycles. The second-order valence-electron chi connectivity index (χ2n) is 6.50. The zero-order chi connectivity index (χ0) is 18.5. The lowest BCUT2D eigenvalue weighted by molar-refractivity contribution is 0.482. The molecule has 0 saturated heterocycles. The molecule has 3 heteroatoms. The first-order valence-electron chi connectivity index (χ1n) is 8.61. The monoisotopic (exact) mass is 361 g/mol. The highest BCUT2D eigenvalue weighted by atomic mass is 35.5. The molecule has 3 aromatic carbocycles. The highest BCUT2D eigenvalue weighted by Gasteiger charge is 2.15.